The number of unbranched alkanes of at least 4 members (excludes halogenated alkanes) is 1. The van der Waals surface area contributed by atoms with Gasteiger partial charge in [-0.25, -0.2) is 0 Å². The Morgan fingerprint density at radius 2 is 2.00 bits per heavy atom. The van der Waals surface area contributed by atoms with Crippen LogP contribution in [-0.4, -0.2) is 24.5 Å². The van der Waals surface area contributed by atoms with Gasteiger partial charge in [-0.2, -0.15) is 0 Å². The van der Waals surface area contributed by atoms with Gasteiger partial charge in [0.2, 0.25) is 0 Å². The molecule has 10 heavy (non-hydrogen) atoms. The van der Waals surface area contributed by atoms with E-state index in [2.05, 4.69) is 18.9 Å². The highest BCUT2D eigenvalue weighted by Crippen LogP contribution is 2.25. The normalized spacial score (nSPS) is 17.1. The summed E-state index contributed by atoms with van der Waals surface area (Å²) in [4.78, 5) is 2.49. The number of halogens is 1. The summed E-state index contributed by atoms with van der Waals surface area (Å²) < 4.78 is 0. The lowest BCUT2D eigenvalue weighted by Crippen LogP contribution is -2.21. The van der Waals surface area contributed by atoms with E-state index in [0.29, 0.717) is 0 Å². The predicted molar refractivity (Wildman–Crippen MR) is 47.8 cm³/mol. The Labute approximate surface area is 70.2 Å². The average Bonchev–Trinajstić information content (AvgIpc) is 2.63. The van der Waals surface area contributed by atoms with Gasteiger partial charge in [0, 0.05) is 6.04 Å². The second-order valence-electron chi connectivity index (χ2n) is 3.07. The van der Waals surface area contributed by atoms with Crippen LogP contribution in [0.25, 0.3) is 0 Å². The molecule has 0 amide bonds. The molecule has 1 aliphatic rings. The quantitative estimate of drug-likeness (QED) is 0.615. The van der Waals surface area contributed by atoms with Crippen molar-refractivity contribution in [3.63, 3.8) is 0 Å². The van der Waals surface area contributed by atoms with Gasteiger partial charge >= 0.3 is 0 Å². The largest absolute Gasteiger partial charge is 0.303 e. The number of hydrogen-bond donors (Lipinski definition) is 0. The Bertz CT molecular complexity index is 81.3. The summed E-state index contributed by atoms with van der Waals surface area (Å²) >= 11 is 0. The third-order valence-electron chi connectivity index (χ3n) is 2.03. The van der Waals surface area contributed by atoms with E-state index in [4.69, 9.17) is 0 Å². The molecule has 2 heteroatoms. The molecule has 0 spiro atoms. The third kappa shape index (κ3) is 3.43. The van der Waals surface area contributed by atoms with E-state index in [1.165, 1.54) is 32.2 Å². The van der Waals surface area contributed by atoms with Gasteiger partial charge < -0.3 is 4.90 Å². The minimum Gasteiger partial charge on any atom is -0.303 e. The van der Waals surface area contributed by atoms with Crippen LogP contribution in [0, 0.1) is 0 Å². The maximum absolute atomic E-state index is 2.49. The summed E-state index contributed by atoms with van der Waals surface area (Å²) in [5.74, 6) is 0. The van der Waals surface area contributed by atoms with Gasteiger partial charge in [0.1, 0.15) is 0 Å². The van der Waals surface area contributed by atoms with Gasteiger partial charge in [-0.1, -0.05) is 13.3 Å². The molecule has 0 bridgehead atoms. The van der Waals surface area contributed by atoms with Crippen LogP contribution in [0.3, 0.4) is 0 Å². The van der Waals surface area contributed by atoms with E-state index in [1.54, 1.807) is 0 Å². The molecule has 0 saturated heterocycles. The molecule has 0 heterocycles. The first-order valence-corrected chi connectivity index (χ1v) is 4.05. The van der Waals surface area contributed by atoms with Crippen molar-refractivity contribution in [2.75, 3.05) is 13.6 Å². The summed E-state index contributed by atoms with van der Waals surface area (Å²) in [5.41, 5.74) is 0. The zero-order valence-corrected chi connectivity index (χ0v) is 7.78. The van der Waals surface area contributed by atoms with Crippen LogP contribution in [0.1, 0.15) is 32.6 Å². The van der Waals surface area contributed by atoms with Crippen molar-refractivity contribution in [1.29, 1.82) is 0 Å². The molecule has 1 fully saturated rings. The maximum Gasteiger partial charge on any atom is 0.00933 e. The Hall–Kier alpha value is 0.250. The summed E-state index contributed by atoms with van der Waals surface area (Å²) in [6.45, 7) is 3.56. The van der Waals surface area contributed by atoms with Crippen LogP contribution in [-0.2, 0) is 0 Å². The zero-order chi connectivity index (χ0) is 6.69. The van der Waals surface area contributed by atoms with Crippen molar-refractivity contribution in [3.8, 4) is 0 Å². The van der Waals surface area contributed by atoms with Crippen LogP contribution in [0.4, 0.5) is 0 Å². The highest BCUT2D eigenvalue weighted by Gasteiger charge is 2.24. The molecule has 0 aromatic heterocycles. The van der Waals surface area contributed by atoms with E-state index in [-0.39, 0.29) is 12.4 Å². The lowest BCUT2D eigenvalue weighted by molar-refractivity contribution is 0.318. The fourth-order valence-corrected chi connectivity index (χ4v) is 1.11. The van der Waals surface area contributed by atoms with Crippen LogP contribution < -0.4 is 0 Å². The first-order valence-electron chi connectivity index (χ1n) is 4.05. The molecule has 1 aliphatic carbocycles. The van der Waals surface area contributed by atoms with Gasteiger partial charge in [0.15, 0.2) is 0 Å². The van der Waals surface area contributed by atoms with Gasteiger partial charge in [-0.15, -0.1) is 12.4 Å². The first kappa shape index (κ1) is 10.2. The average molecular weight is 164 g/mol. The Morgan fingerprint density at radius 3 is 2.40 bits per heavy atom. The molecular formula is C8H18ClN. The summed E-state index contributed by atoms with van der Waals surface area (Å²) in [6.07, 6.45) is 5.59. The fraction of sp³-hybridized carbons (Fsp3) is 1.00. The Morgan fingerprint density at radius 1 is 1.40 bits per heavy atom. The molecule has 0 unspecified atom stereocenters. The number of rotatable bonds is 4. The lowest BCUT2D eigenvalue weighted by Gasteiger charge is -2.13. The second kappa shape index (κ2) is 4.97. The van der Waals surface area contributed by atoms with Crippen molar-refractivity contribution < 1.29 is 0 Å². The minimum absolute atomic E-state index is 0. The molecule has 1 rings (SSSR count). The molecule has 0 aromatic carbocycles. The van der Waals surface area contributed by atoms with E-state index in [9.17, 15) is 0 Å². The third-order valence-corrected chi connectivity index (χ3v) is 2.03. The number of nitrogens with zero attached hydrogens (tertiary/aromatic N) is 1. The Kier molecular flexibility index (Phi) is 5.10. The van der Waals surface area contributed by atoms with E-state index < -0.39 is 0 Å². The van der Waals surface area contributed by atoms with Crippen LogP contribution >= 0.6 is 12.4 Å². The highest BCUT2D eigenvalue weighted by atomic mass is 35.5. The van der Waals surface area contributed by atoms with E-state index in [1.807, 2.05) is 0 Å². The molecule has 1 nitrogen and oxygen atoms in total. The van der Waals surface area contributed by atoms with Gasteiger partial charge in [-0.05, 0) is 32.9 Å². The van der Waals surface area contributed by atoms with Crippen molar-refractivity contribution in [2.45, 2.75) is 38.6 Å². The second-order valence-corrected chi connectivity index (χ2v) is 3.07. The summed E-state index contributed by atoms with van der Waals surface area (Å²) in [5, 5.41) is 0. The summed E-state index contributed by atoms with van der Waals surface area (Å²) in [6, 6.07) is 0.955. The molecular weight excluding hydrogens is 146 g/mol. The van der Waals surface area contributed by atoms with Crippen molar-refractivity contribution in [2.24, 2.45) is 0 Å². The lowest BCUT2D eigenvalue weighted by atomic mass is 10.3. The van der Waals surface area contributed by atoms with Gasteiger partial charge in [-0.3, -0.25) is 0 Å². The molecule has 0 N–H and O–H groups in total. The molecule has 0 aromatic rings. The molecule has 1 saturated carbocycles. The van der Waals surface area contributed by atoms with Crippen molar-refractivity contribution >= 4 is 12.4 Å². The van der Waals surface area contributed by atoms with E-state index in [0.717, 1.165) is 6.04 Å². The van der Waals surface area contributed by atoms with Crippen molar-refractivity contribution in [3.05, 3.63) is 0 Å². The van der Waals surface area contributed by atoms with Crippen molar-refractivity contribution in [1.82, 2.24) is 4.90 Å². The summed E-state index contributed by atoms with van der Waals surface area (Å²) in [7, 11) is 2.24. The van der Waals surface area contributed by atoms with Crippen LogP contribution in [0.15, 0.2) is 0 Å². The Balaban J connectivity index is 0.000000810. The first-order chi connectivity index (χ1) is 4.34. The standard InChI is InChI=1S/C8H17N.ClH/c1-3-4-7-9(2)8-5-6-8;/h8H,3-7H2,1-2H3;1H. The number of hydrogen-bond acceptors (Lipinski definition) is 1. The van der Waals surface area contributed by atoms with Gasteiger partial charge in [0.25, 0.3) is 0 Å². The molecule has 62 valence electrons. The van der Waals surface area contributed by atoms with Crippen LogP contribution in [0.2, 0.25) is 0 Å². The molecule has 0 atom stereocenters. The minimum atomic E-state index is 0. The smallest absolute Gasteiger partial charge is 0.00933 e. The predicted octanol–water partition coefficient (Wildman–Crippen LogP) is 2.30. The highest BCUT2D eigenvalue weighted by molar-refractivity contribution is 5.85. The van der Waals surface area contributed by atoms with Crippen LogP contribution in [0.5, 0.6) is 0 Å². The SMILES string of the molecule is CCCCN(C)C1CC1.Cl. The fourth-order valence-electron chi connectivity index (χ4n) is 1.11. The topological polar surface area (TPSA) is 3.24 Å². The maximum atomic E-state index is 2.49. The monoisotopic (exact) mass is 163 g/mol. The van der Waals surface area contributed by atoms with E-state index >= 15 is 0 Å². The molecule has 0 radical (unpaired) electrons. The zero-order valence-electron chi connectivity index (χ0n) is 6.97. The molecule has 0 aliphatic heterocycles. The van der Waals surface area contributed by atoms with Gasteiger partial charge in [0.05, 0.1) is 0 Å².